The predicted molar refractivity (Wildman–Crippen MR) is 309 cm³/mol. The lowest BCUT2D eigenvalue weighted by atomic mass is 10.0. The number of phosphoric acid groups is 1. The number of phosphoric ester groups is 1. The van der Waals surface area contributed by atoms with Crippen LogP contribution in [0.15, 0.2) is 48.6 Å². The zero-order valence-electron chi connectivity index (χ0n) is 48.2. The van der Waals surface area contributed by atoms with Crippen LogP contribution in [0.3, 0.4) is 0 Å². The van der Waals surface area contributed by atoms with E-state index in [9.17, 15) is 19.0 Å². The highest BCUT2D eigenvalue weighted by Crippen LogP contribution is 2.43. The van der Waals surface area contributed by atoms with Gasteiger partial charge in [-0.1, -0.05) is 250 Å². The Bertz CT molecular complexity index is 1380. The Morgan fingerprint density at radius 3 is 1.29 bits per heavy atom. The molecule has 0 aromatic rings. The normalized spacial score (nSPS) is 14.0. The molecule has 0 rings (SSSR count). The summed E-state index contributed by atoms with van der Waals surface area (Å²) in [6, 6.07) is -0.846. The van der Waals surface area contributed by atoms with Crippen molar-refractivity contribution in [3.05, 3.63) is 48.6 Å². The van der Waals surface area contributed by atoms with Gasteiger partial charge in [-0.25, -0.2) is 4.57 Å². The number of quaternary nitrogens is 1. The van der Waals surface area contributed by atoms with Gasteiger partial charge in [0.1, 0.15) is 19.3 Å². The molecule has 0 aliphatic heterocycles. The van der Waals surface area contributed by atoms with Gasteiger partial charge in [-0.2, -0.15) is 0 Å². The van der Waals surface area contributed by atoms with Crippen LogP contribution in [0.5, 0.6) is 0 Å². The molecule has 0 saturated heterocycles. The highest BCUT2D eigenvalue weighted by Gasteiger charge is 2.30. The molecule has 0 bridgehead atoms. The first-order valence-electron chi connectivity index (χ1n) is 30.5. The smallest absolute Gasteiger partial charge is 0.456 e. The fourth-order valence-corrected chi connectivity index (χ4v) is 9.51. The number of carbonyl (C=O) groups excluding carboxylic acids is 2. The molecule has 3 atom stereocenters. The monoisotopic (exact) mass is 1030 g/mol. The van der Waals surface area contributed by atoms with Crippen molar-refractivity contribution in [3.8, 4) is 0 Å². The number of unbranched alkanes of at least 4 members (excludes halogenated alkanes) is 33. The van der Waals surface area contributed by atoms with Crippen LogP contribution in [0.1, 0.15) is 284 Å². The van der Waals surface area contributed by atoms with Crippen molar-refractivity contribution in [2.24, 2.45) is 0 Å². The second-order valence-electron chi connectivity index (χ2n) is 21.9. The summed E-state index contributed by atoms with van der Waals surface area (Å²) in [5, 5.41) is 3.05. The molecule has 422 valence electrons. The molecule has 0 aromatic carbocycles. The van der Waals surface area contributed by atoms with Crippen molar-refractivity contribution < 1.29 is 37.3 Å². The second kappa shape index (κ2) is 52.4. The fourth-order valence-electron chi connectivity index (χ4n) is 8.77. The van der Waals surface area contributed by atoms with Crippen LogP contribution in [0, 0.1) is 0 Å². The Hall–Kier alpha value is -2.03. The summed E-state index contributed by atoms with van der Waals surface area (Å²) in [5.74, 6) is -0.502. The van der Waals surface area contributed by atoms with E-state index in [-0.39, 0.29) is 25.1 Å². The lowest BCUT2D eigenvalue weighted by Gasteiger charge is -2.27. The van der Waals surface area contributed by atoms with Gasteiger partial charge < -0.3 is 19.4 Å². The van der Waals surface area contributed by atoms with Gasteiger partial charge in [-0.3, -0.25) is 18.6 Å². The summed E-state index contributed by atoms with van der Waals surface area (Å²) in [4.78, 5) is 37.6. The number of allylic oxidation sites excluding steroid dienone is 7. The van der Waals surface area contributed by atoms with Gasteiger partial charge in [0, 0.05) is 12.8 Å². The molecule has 0 saturated carbocycles. The van der Waals surface area contributed by atoms with Crippen LogP contribution in [-0.4, -0.2) is 74.3 Å². The fraction of sp³-hybridized carbons (Fsp3) is 0.839. The Balaban J connectivity index is 5.15. The quantitative estimate of drug-likeness (QED) is 0.0205. The maximum atomic E-state index is 13.5. The van der Waals surface area contributed by atoms with Crippen LogP contribution in [0.4, 0.5) is 0 Å². The van der Waals surface area contributed by atoms with Gasteiger partial charge in [0.15, 0.2) is 0 Å². The second-order valence-corrected chi connectivity index (χ2v) is 23.3. The van der Waals surface area contributed by atoms with E-state index in [2.05, 4.69) is 62.5 Å². The first-order valence-corrected chi connectivity index (χ1v) is 32.0. The number of rotatable bonds is 55. The maximum absolute atomic E-state index is 13.5. The molecule has 0 heterocycles. The van der Waals surface area contributed by atoms with Gasteiger partial charge in [0.05, 0.1) is 33.8 Å². The molecule has 9 nitrogen and oxygen atoms in total. The van der Waals surface area contributed by atoms with E-state index < -0.39 is 20.0 Å². The number of amides is 1. The summed E-state index contributed by atoms with van der Waals surface area (Å²) >= 11 is 0. The van der Waals surface area contributed by atoms with E-state index in [1.165, 1.54) is 180 Å². The summed E-state index contributed by atoms with van der Waals surface area (Å²) in [6.45, 7) is 6.99. The lowest BCUT2D eigenvalue weighted by Crippen LogP contribution is -2.47. The third-order valence-corrected chi connectivity index (χ3v) is 14.5. The molecule has 0 radical (unpaired) electrons. The molecule has 10 heteroatoms. The molecule has 0 fully saturated rings. The van der Waals surface area contributed by atoms with E-state index in [0.717, 1.165) is 70.6 Å². The zero-order chi connectivity index (χ0) is 52.9. The molecule has 1 amide bonds. The molecule has 3 unspecified atom stereocenters. The summed E-state index contributed by atoms with van der Waals surface area (Å²) in [7, 11) is 1.50. The number of ether oxygens (including phenoxy) is 1. The first-order chi connectivity index (χ1) is 34.9. The van der Waals surface area contributed by atoms with E-state index in [0.29, 0.717) is 23.9 Å². The van der Waals surface area contributed by atoms with E-state index in [1.807, 2.05) is 33.3 Å². The van der Waals surface area contributed by atoms with Gasteiger partial charge in [0.2, 0.25) is 5.91 Å². The minimum atomic E-state index is -4.44. The SMILES string of the molecule is CCCCC/C=C\C/C=C\C/C=C\CCCCCCCCCCCCC(=O)NC(COP(=O)(O)OCC[N+](C)(C)C)C(/C=C\CCCCCCCCCCCC)OC(=O)CCCCCCCCCCCCC. The third kappa shape index (κ3) is 52.8. The van der Waals surface area contributed by atoms with Gasteiger partial charge in [-0.15, -0.1) is 0 Å². The standard InChI is InChI=1S/C62H117N2O7P/c1-7-10-13-16-19-22-25-27-28-29-30-31-32-33-34-35-36-37-40-42-45-48-51-54-61(65)63-59(58-70-72(67,68)69-57-56-64(4,5)6)60(53-50-47-44-41-39-26-23-20-17-14-11-8-2)71-62(66)55-52-49-46-43-38-24-21-18-15-12-9-3/h19,22,27-28,30-31,50,53,59-60H,7-18,20-21,23-26,29,32-49,51-52,54-58H2,1-6H3,(H-,63,65,67,68)/p+1/b22-19-,28-27-,31-30-,53-50-. The lowest BCUT2D eigenvalue weighted by molar-refractivity contribution is -0.870. The van der Waals surface area contributed by atoms with Crippen molar-refractivity contribution in [1.29, 1.82) is 0 Å². The Kier molecular flexibility index (Phi) is 50.9. The topological polar surface area (TPSA) is 111 Å². The Morgan fingerprint density at radius 2 is 0.847 bits per heavy atom. The molecule has 0 aliphatic rings. The minimum Gasteiger partial charge on any atom is -0.456 e. The highest BCUT2D eigenvalue weighted by molar-refractivity contribution is 7.47. The van der Waals surface area contributed by atoms with Crippen LogP contribution in [0.2, 0.25) is 0 Å². The Morgan fingerprint density at radius 1 is 0.486 bits per heavy atom. The number of nitrogens with zero attached hydrogens (tertiary/aromatic N) is 1. The van der Waals surface area contributed by atoms with E-state index in [1.54, 1.807) is 0 Å². The van der Waals surface area contributed by atoms with Gasteiger partial charge in [-0.05, 0) is 70.3 Å². The molecule has 2 N–H and O–H groups in total. The van der Waals surface area contributed by atoms with Crippen molar-refractivity contribution >= 4 is 19.7 Å². The summed E-state index contributed by atoms with van der Waals surface area (Å²) < 4.78 is 30.6. The molecular formula is C62H118N2O7P+. The number of hydrogen-bond donors (Lipinski definition) is 2. The number of carbonyl (C=O) groups is 2. The summed E-state index contributed by atoms with van der Waals surface area (Å²) in [6.07, 6.45) is 63.9. The molecule has 0 spiro atoms. The van der Waals surface area contributed by atoms with Crippen molar-refractivity contribution in [1.82, 2.24) is 5.32 Å². The molecule has 72 heavy (non-hydrogen) atoms. The van der Waals surface area contributed by atoms with Crippen molar-refractivity contribution in [2.75, 3.05) is 40.9 Å². The largest absolute Gasteiger partial charge is 0.472 e. The van der Waals surface area contributed by atoms with Crippen LogP contribution in [-0.2, 0) is 27.9 Å². The van der Waals surface area contributed by atoms with Crippen LogP contribution >= 0.6 is 7.82 Å². The molecular weight excluding hydrogens is 916 g/mol. The number of nitrogens with one attached hydrogen (secondary N) is 1. The number of hydrogen-bond acceptors (Lipinski definition) is 6. The van der Waals surface area contributed by atoms with Crippen LogP contribution in [0.25, 0.3) is 0 Å². The number of esters is 1. The number of likely N-dealkylation sites (N-methyl/N-ethyl adjacent to an activating group) is 1. The van der Waals surface area contributed by atoms with E-state index >= 15 is 0 Å². The maximum Gasteiger partial charge on any atom is 0.472 e. The molecule has 0 aromatic heterocycles. The average molecular weight is 1030 g/mol. The van der Waals surface area contributed by atoms with Crippen molar-refractivity contribution in [2.45, 2.75) is 296 Å². The molecule has 0 aliphatic carbocycles. The van der Waals surface area contributed by atoms with E-state index in [4.69, 9.17) is 13.8 Å². The Labute approximate surface area is 446 Å². The highest BCUT2D eigenvalue weighted by atomic mass is 31.2. The first kappa shape index (κ1) is 70.0. The summed E-state index contributed by atoms with van der Waals surface area (Å²) in [5.41, 5.74) is 0. The van der Waals surface area contributed by atoms with Gasteiger partial charge >= 0.3 is 13.8 Å². The average Bonchev–Trinajstić information content (AvgIpc) is 3.34. The minimum absolute atomic E-state index is 0.0405. The zero-order valence-corrected chi connectivity index (χ0v) is 49.1. The van der Waals surface area contributed by atoms with Gasteiger partial charge in [0.25, 0.3) is 0 Å². The third-order valence-electron chi connectivity index (χ3n) is 13.5. The van der Waals surface area contributed by atoms with Crippen LogP contribution < -0.4 is 5.32 Å². The van der Waals surface area contributed by atoms with Crippen molar-refractivity contribution in [3.63, 3.8) is 0 Å². The predicted octanol–water partition coefficient (Wildman–Crippen LogP) is 18.5.